The van der Waals surface area contributed by atoms with Crippen molar-refractivity contribution in [2.45, 2.75) is 30.8 Å². The molecule has 10 heteroatoms. The number of nitrogens with one attached hydrogen (secondary N) is 2. The predicted molar refractivity (Wildman–Crippen MR) is 112 cm³/mol. The summed E-state index contributed by atoms with van der Waals surface area (Å²) in [5.74, 6) is -1.34. The molecule has 0 bridgehead atoms. The summed E-state index contributed by atoms with van der Waals surface area (Å²) in [6.45, 7) is 1.90. The predicted octanol–water partition coefficient (Wildman–Crippen LogP) is 2.58. The molecule has 0 spiro atoms. The van der Waals surface area contributed by atoms with Crippen LogP contribution in [0, 0.1) is 11.7 Å². The van der Waals surface area contributed by atoms with Crippen LogP contribution in [0.1, 0.15) is 19.8 Å². The van der Waals surface area contributed by atoms with Gasteiger partial charge >= 0.3 is 0 Å². The molecular formula is C21H22FN3O5S. The number of piperidine rings is 1. The number of halogens is 1. The lowest BCUT2D eigenvalue weighted by molar-refractivity contribution is -0.123. The molecule has 8 nitrogen and oxygen atoms in total. The van der Waals surface area contributed by atoms with E-state index >= 15 is 0 Å². The number of benzene rings is 2. The van der Waals surface area contributed by atoms with Crippen molar-refractivity contribution in [3.8, 4) is 5.75 Å². The summed E-state index contributed by atoms with van der Waals surface area (Å²) in [4.78, 5) is 24.5. The van der Waals surface area contributed by atoms with Crippen molar-refractivity contribution in [1.82, 2.24) is 4.31 Å². The number of carbonyl (C=O) groups is 2. The fraction of sp³-hybridized carbons (Fsp3) is 0.333. The number of anilines is 2. The number of ether oxygens (including phenoxy) is 1. The first-order valence-electron chi connectivity index (χ1n) is 9.92. The van der Waals surface area contributed by atoms with Gasteiger partial charge in [-0.2, -0.15) is 4.31 Å². The molecule has 0 saturated carbocycles. The van der Waals surface area contributed by atoms with E-state index in [-0.39, 0.29) is 29.8 Å². The standard InChI is InChI=1S/C21H22FN3O5S/c1-13-20(26)24-18-11-17(7-8-19(18)30-13)31(28,29)25-9-3-4-14(12-25)21(27)23-16-6-2-5-15(22)10-16/h2,5-8,10-11,13-14H,3-4,9,12H2,1H3,(H,23,27)(H,24,26)/t13-,14-/m0/s1. The third-order valence-corrected chi connectivity index (χ3v) is 7.23. The normalized spacial score (nSPS) is 21.5. The minimum atomic E-state index is -3.89. The number of sulfonamides is 1. The Labute approximate surface area is 179 Å². The second kappa shape index (κ2) is 8.27. The van der Waals surface area contributed by atoms with Crippen LogP contribution in [0.15, 0.2) is 47.4 Å². The largest absolute Gasteiger partial charge is 0.479 e. The highest BCUT2D eigenvalue weighted by Crippen LogP contribution is 2.33. The number of carbonyl (C=O) groups excluding carboxylic acids is 2. The maximum absolute atomic E-state index is 13.4. The van der Waals surface area contributed by atoms with Crippen molar-refractivity contribution in [3.63, 3.8) is 0 Å². The maximum atomic E-state index is 13.4. The average Bonchev–Trinajstić information content (AvgIpc) is 2.74. The molecule has 1 fully saturated rings. The summed E-state index contributed by atoms with van der Waals surface area (Å²) < 4.78 is 46.5. The van der Waals surface area contributed by atoms with E-state index in [1.807, 2.05) is 0 Å². The molecule has 2 heterocycles. The SMILES string of the molecule is C[C@@H]1Oc2ccc(S(=O)(=O)N3CCC[C@H](C(=O)Nc4cccc(F)c4)C3)cc2NC1=O. The van der Waals surface area contributed by atoms with Gasteiger partial charge in [-0.3, -0.25) is 9.59 Å². The molecule has 0 aliphatic carbocycles. The summed E-state index contributed by atoms with van der Waals surface area (Å²) in [5.41, 5.74) is 0.617. The zero-order valence-corrected chi connectivity index (χ0v) is 17.6. The highest BCUT2D eigenvalue weighted by Gasteiger charge is 2.34. The van der Waals surface area contributed by atoms with Crippen LogP contribution in [-0.2, 0) is 19.6 Å². The fourth-order valence-corrected chi connectivity index (χ4v) is 5.23. The number of amides is 2. The number of rotatable bonds is 4. The van der Waals surface area contributed by atoms with Crippen molar-refractivity contribution in [2.75, 3.05) is 23.7 Å². The van der Waals surface area contributed by atoms with E-state index in [1.54, 1.807) is 13.0 Å². The van der Waals surface area contributed by atoms with Crippen LogP contribution in [0.5, 0.6) is 5.75 Å². The van der Waals surface area contributed by atoms with Crippen LogP contribution < -0.4 is 15.4 Å². The number of hydrogen-bond donors (Lipinski definition) is 2. The van der Waals surface area contributed by atoms with Gasteiger partial charge < -0.3 is 15.4 Å². The van der Waals surface area contributed by atoms with Gasteiger partial charge in [0, 0.05) is 18.8 Å². The van der Waals surface area contributed by atoms with E-state index in [0.717, 1.165) is 0 Å². The van der Waals surface area contributed by atoms with Crippen LogP contribution in [0.25, 0.3) is 0 Å². The van der Waals surface area contributed by atoms with E-state index in [1.165, 1.54) is 40.7 Å². The van der Waals surface area contributed by atoms with Crippen molar-refractivity contribution >= 4 is 33.2 Å². The Morgan fingerprint density at radius 3 is 2.84 bits per heavy atom. The molecule has 31 heavy (non-hydrogen) atoms. The zero-order valence-electron chi connectivity index (χ0n) is 16.8. The molecule has 2 N–H and O–H groups in total. The Bertz CT molecular complexity index is 1140. The van der Waals surface area contributed by atoms with Crippen LogP contribution in [0.4, 0.5) is 15.8 Å². The van der Waals surface area contributed by atoms with Gasteiger partial charge in [0.2, 0.25) is 15.9 Å². The van der Waals surface area contributed by atoms with Gasteiger partial charge in [-0.15, -0.1) is 0 Å². The number of hydrogen-bond acceptors (Lipinski definition) is 5. The molecule has 1 saturated heterocycles. The Morgan fingerprint density at radius 1 is 1.26 bits per heavy atom. The topological polar surface area (TPSA) is 105 Å². The van der Waals surface area contributed by atoms with Crippen molar-refractivity contribution in [2.24, 2.45) is 5.92 Å². The molecule has 2 atom stereocenters. The third-order valence-electron chi connectivity index (χ3n) is 5.37. The van der Waals surface area contributed by atoms with Gasteiger partial charge in [-0.05, 0) is 56.2 Å². The van der Waals surface area contributed by atoms with E-state index < -0.39 is 27.9 Å². The molecule has 164 valence electrons. The third kappa shape index (κ3) is 4.40. The van der Waals surface area contributed by atoms with Gasteiger partial charge in [0.05, 0.1) is 16.5 Å². The van der Waals surface area contributed by atoms with Gasteiger partial charge in [0.25, 0.3) is 5.91 Å². The lowest BCUT2D eigenvalue weighted by atomic mass is 9.99. The first-order valence-corrected chi connectivity index (χ1v) is 11.4. The van der Waals surface area contributed by atoms with E-state index in [0.29, 0.717) is 30.0 Å². The second-order valence-electron chi connectivity index (χ2n) is 7.61. The summed E-state index contributed by atoms with van der Waals surface area (Å²) in [5, 5.41) is 5.29. The van der Waals surface area contributed by atoms with Crippen LogP contribution >= 0.6 is 0 Å². The molecule has 0 radical (unpaired) electrons. The van der Waals surface area contributed by atoms with Crippen molar-refractivity contribution in [3.05, 3.63) is 48.3 Å². The molecule has 2 aliphatic rings. The van der Waals surface area contributed by atoms with Crippen LogP contribution in [0.3, 0.4) is 0 Å². The van der Waals surface area contributed by atoms with E-state index in [9.17, 15) is 22.4 Å². The average molecular weight is 447 g/mol. The molecule has 2 aromatic carbocycles. The molecule has 2 aliphatic heterocycles. The Balaban J connectivity index is 1.50. The molecule has 4 rings (SSSR count). The maximum Gasteiger partial charge on any atom is 0.265 e. The molecule has 0 aromatic heterocycles. The highest BCUT2D eigenvalue weighted by atomic mass is 32.2. The zero-order chi connectivity index (χ0) is 22.2. The summed E-state index contributed by atoms with van der Waals surface area (Å²) >= 11 is 0. The second-order valence-corrected chi connectivity index (χ2v) is 9.55. The minimum Gasteiger partial charge on any atom is -0.479 e. The first kappa shape index (κ1) is 21.3. The highest BCUT2D eigenvalue weighted by molar-refractivity contribution is 7.89. The van der Waals surface area contributed by atoms with Crippen molar-refractivity contribution < 1.29 is 27.1 Å². The molecule has 2 aromatic rings. The van der Waals surface area contributed by atoms with Crippen molar-refractivity contribution in [1.29, 1.82) is 0 Å². The number of nitrogens with zero attached hydrogens (tertiary/aromatic N) is 1. The smallest absolute Gasteiger partial charge is 0.265 e. The van der Waals surface area contributed by atoms with Gasteiger partial charge in [0.15, 0.2) is 6.10 Å². The Morgan fingerprint density at radius 2 is 2.06 bits per heavy atom. The lowest BCUT2D eigenvalue weighted by Gasteiger charge is -2.31. The number of fused-ring (bicyclic) bond motifs is 1. The van der Waals surface area contributed by atoms with Gasteiger partial charge in [0.1, 0.15) is 11.6 Å². The summed E-state index contributed by atoms with van der Waals surface area (Å²) in [6, 6.07) is 9.84. The van der Waals surface area contributed by atoms with Gasteiger partial charge in [-0.25, -0.2) is 12.8 Å². The quantitative estimate of drug-likeness (QED) is 0.750. The van der Waals surface area contributed by atoms with E-state index in [2.05, 4.69) is 10.6 Å². The molecule has 0 unspecified atom stereocenters. The first-order chi connectivity index (χ1) is 14.7. The summed E-state index contributed by atoms with van der Waals surface area (Å²) in [6.07, 6.45) is 0.386. The minimum absolute atomic E-state index is 0.0101. The van der Waals surface area contributed by atoms with E-state index in [4.69, 9.17) is 4.74 Å². The Hall–Kier alpha value is -2.98. The fourth-order valence-electron chi connectivity index (χ4n) is 3.68. The monoisotopic (exact) mass is 447 g/mol. The van der Waals surface area contributed by atoms with Gasteiger partial charge in [-0.1, -0.05) is 6.07 Å². The Kier molecular flexibility index (Phi) is 5.67. The van der Waals surface area contributed by atoms with Crippen LogP contribution in [-0.4, -0.2) is 43.7 Å². The molecule has 2 amide bonds. The lowest BCUT2D eigenvalue weighted by Crippen LogP contribution is -2.43. The molecular weight excluding hydrogens is 425 g/mol. The summed E-state index contributed by atoms with van der Waals surface area (Å²) in [7, 11) is -3.89. The van der Waals surface area contributed by atoms with Crippen LogP contribution in [0.2, 0.25) is 0 Å².